The molecular weight excluding hydrogens is 669 g/mol. The Kier molecular flexibility index (Phi) is 8.20. The van der Waals surface area contributed by atoms with E-state index in [-0.39, 0.29) is 5.92 Å². The molecular formula is C53H36S. The average Bonchev–Trinajstić information content (AvgIpc) is 3.66. The van der Waals surface area contributed by atoms with E-state index in [2.05, 4.69) is 212 Å². The minimum Gasteiger partial charge on any atom is -0.134 e. The molecule has 254 valence electrons. The molecule has 0 atom stereocenters. The van der Waals surface area contributed by atoms with Gasteiger partial charge in [-0.05, 0) is 72.0 Å². The van der Waals surface area contributed by atoms with Crippen LogP contribution in [0, 0.1) is 0 Å². The topological polar surface area (TPSA) is 0 Å². The van der Waals surface area contributed by atoms with Crippen molar-refractivity contribution in [2.75, 3.05) is 0 Å². The van der Waals surface area contributed by atoms with E-state index < -0.39 is 0 Å². The third-order valence-electron chi connectivity index (χ3n) is 10.9. The number of hydrogen-bond acceptors (Lipinski definition) is 1. The molecule has 0 fully saturated rings. The van der Waals surface area contributed by atoms with E-state index in [1.165, 1.54) is 92.1 Å². The first-order valence-corrected chi connectivity index (χ1v) is 19.4. The molecule has 0 amide bonds. The van der Waals surface area contributed by atoms with Gasteiger partial charge in [-0.25, -0.2) is 0 Å². The van der Waals surface area contributed by atoms with Gasteiger partial charge in [0.15, 0.2) is 0 Å². The minimum absolute atomic E-state index is 0.0286. The van der Waals surface area contributed by atoms with Crippen LogP contribution in [0.25, 0.3) is 75.5 Å². The zero-order chi connectivity index (χ0) is 35.8. The van der Waals surface area contributed by atoms with Gasteiger partial charge < -0.3 is 0 Å². The van der Waals surface area contributed by atoms with E-state index in [0.29, 0.717) is 0 Å². The summed E-state index contributed by atoms with van der Waals surface area (Å²) in [7, 11) is 0. The minimum atomic E-state index is 0.0286. The summed E-state index contributed by atoms with van der Waals surface area (Å²) in [4.78, 5) is 0. The largest absolute Gasteiger partial charge is 0.134 e. The highest BCUT2D eigenvalue weighted by molar-refractivity contribution is 7.27. The summed E-state index contributed by atoms with van der Waals surface area (Å²) >= 11 is 1.93. The SMILES string of the molecule is c1ccc(-c2ccc(-c3ccc(C(c4ccc(-c5ccccc5)cc4)c4ccc(-c5ccccc5)cc4)c4c3sc3c5ccccc5ccc34)cc2)cc1. The Morgan fingerprint density at radius 1 is 0.296 bits per heavy atom. The molecule has 0 N–H and O–H groups in total. The van der Waals surface area contributed by atoms with Crippen LogP contribution < -0.4 is 0 Å². The van der Waals surface area contributed by atoms with Crippen LogP contribution >= 0.6 is 11.3 Å². The molecule has 54 heavy (non-hydrogen) atoms. The molecule has 0 bridgehead atoms. The zero-order valence-electron chi connectivity index (χ0n) is 29.7. The molecule has 1 heterocycles. The predicted octanol–water partition coefficient (Wildman–Crippen LogP) is 15.1. The van der Waals surface area contributed by atoms with Crippen LogP contribution in [-0.4, -0.2) is 0 Å². The van der Waals surface area contributed by atoms with Gasteiger partial charge >= 0.3 is 0 Å². The summed E-state index contributed by atoms with van der Waals surface area (Å²) in [5, 5.41) is 5.24. The highest BCUT2D eigenvalue weighted by Crippen LogP contribution is 2.48. The second kappa shape index (κ2) is 13.8. The Morgan fingerprint density at radius 3 is 1.28 bits per heavy atom. The fraction of sp³-hybridized carbons (Fsp3) is 0.0189. The van der Waals surface area contributed by atoms with Crippen LogP contribution in [0.1, 0.15) is 22.6 Å². The molecule has 0 saturated carbocycles. The van der Waals surface area contributed by atoms with Crippen LogP contribution in [0.15, 0.2) is 212 Å². The van der Waals surface area contributed by atoms with Gasteiger partial charge in [-0.2, -0.15) is 0 Å². The summed E-state index contributed by atoms with van der Waals surface area (Å²) in [6, 6.07) is 77.8. The maximum atomic E-state index is 2.41. The maximum absolute atomic E-state index is 2.41. The van der Waals surface area contributed by atoms with Crippen LogP contribution in [0.2, 0.25) is 0 Å². The lowest BCUT2D eigenvalue weighted by molar-refractivity contribution is 0.991. The second-order valence-electron chi connectivity index (χ2n) is 14.0. The van der Waals surface area contributed by atoms with Gasteiger partial charge in [-0.3, -0.25) is 0 Å². The van der Waals surface area contributed by atoms with Crippen molar-refractivity contribution in [3.8, 4) is 44.5 Å². The summed E-state index contributed by atoms with van der Waals surface area (Å²) in [5.74, 6) is 0.0286. The highest BCUT2D eigenvalue weighted by atomic mass is 32.1. The Labute approximate surface area is 320 Å². The van der Waals surface area contributed by atoms with Crippen molar-refractivity contribution in [1.29, 1.82) is 0 Å². The van der Waals surface area contributed by atoms with Crippen molar-refractivity contribution < 1.29 is 0 Å². The fourth-order valence-electron chi connectivity index (χ4n) is 8.12. The van der Waals surface area contributed by atoms with Gasteiger partial charge in [-0.1, -0.05) is 212 Å². The molecule has 9 aromatic carbocycles. The third kappa shape index (κ3) is 5.80. The van der Waals surface area contributed by atoms with E-state index in [1.54, 1.807) is 0 Å². The monoisotopic (exact) mass is 704 g/mol. The van der Waals surface area contributed by atoms with Crippen molar-refractivity contribution in [2.45, 2.75) is 5.92 Å². The molecule has 0 unspecified atom stereocenters. The van der Waals surface area contributed by atoms with E-state index >= 15 is 0 Å². The van der Waals surface area contributed by atoms with Crippen LogP contribution in [-0.2, 0) is 0 Å². The summed E-state index contributed by atoms with van der Waals surface area (Å²) < 4.78 is 2.67. The van der Waals surface area contributed by atoms with Gasteiger partial charge in [-0.15, -0.1) is 11.3 Å². The molecule has 10 rings (SSSR count). The van der Waals surface area contributed by atoms with Gasteiger partial charge in [0, 0.05) is 26.1 Å². The van der Waals surface area contributed by atoms with Gasteiger partial charge in [0.05, 0.1) is 0 Å². The van der Waals surface area contributed by atoms with E-state index in [0.717, 1.165) is 0 Å². The third-order valence-corrected chi connectivity index (χ3v) is 12.1. The lowest BCUT2D eigenvalue weighted by Crippen LogP contribution is -2.04. The smallest absolute Gasteiger partial charge is 0.0437 e. The van der Waals surface area contributed by atoms with Gasteiger partial charge in [0.2, 0.25) is 0 Å². The normalized spacial score (nSPS) is 11.5. The van der Waals surface area contributed by atoms with Crippen molar-refractivity contribution in [1.82, 2.24) is 0 Å². The molecule has 0 aliphatic heterocycles. The second-order valence-corrected chi connectivity index (χ2v) is 15.0. The quantitative estimate of drug-likeness (QED) is 0.145. The molecule has 0 radical (unpaired) electrons. The predicted molar refractivity (Wildman–Crippen MR) is 232 cm³/mol. The Hall–Kier alpha value is -6.54. The first-order chi connectivity index (χ1) is 26.8. The van der Waals surface area contributed by atoms with Crippen molar-refractivity contribution in [3.05, 3.63) is 229 Å². The summed E-state index contributed by atoms with van der Waals surface area (Å²) in [6.07, 6.45) is 0. The van der Waals surface area contributed by atoms with Crippen LogP contribution in [0.5, 0.6) is 0 Å². The summed E-state index contributed by atoms with van der Waals surface area (Å²) in [5.41, 5.74) is 13.8. The number of fused-ring (bicyclic) bond motifs is 5. The van der Waals surface area contributed by atoms with Crippen molar-refractivity contribution >= 4 is 42.3 Å². The van der Waals surface area contributed by atoms with Gasteiger partial charge in [0.25, 0.3) is 0 Å². The Bertz CT molecular complexity index is 2790. The number of benzene rings is 9. The highest BCUT2D eigenvalue weighted by Gasteiger charge is 2.24. The molecule has 0 aliphatic carbocycles. The lowest BCUT2D eigenvalue weighted by Gasteiger charge is -2.22. The summed E-state index contributed by atoms with van der Waals surface area (Å²) in [6.45, 7) is 0. The molecule has 0 spiro atoms. The molecule has 1 aromatic heterocycles. The van der Waals surface area contributed by atoms with Gasteiger partial charge in [0.1, 0.15) is 0 Å². The number of rotatable bonds is 7. The Balaban J connectivity index is 1.19. The molecule has 0 saturated heterocycles. The molecule has 10 aromatic rings. The first-order valence-electron chi connectivity index (χ1n) is 18.6. The number of thiophene rings is 1. The fourth-order valence-corrected chi connectivity index (χ4v) is 9.53. The van der Waals surface area contributed by atoms with Crippen molar-refractivity contribution in [2.24, 2.45) is 0 Å². The zero-order valence-corrected chi connectivity index (χ0v) is 30.5. The standard InChI is InChI=1S/C53H36S/c1-4-12-36(13-5-1)39-20-26-43(27-21-39)47-34-35-48(51-49-33-32-42-18-10-11-19-46(42)52(49)54-53(47)51)50(44-28-22-40(23-29-44)37-14-6-2-7-15-37)45-30-24-41(25-31-45)38-16-8-3-9-17-38/h1-35,50H. The van der Waals surface area contributed by atoms with E-state index in [4.69, 9.17) is 0 Å². The Morgan fingerprint density at radius 2 is 0.741 bits per heavy atom. The van der Waals surface area contributed by atoms with Crippen LogP contribution in [0.4, 0.5) is 0 Å². The van der Waals surface area contributed by atoms with E-state index in [9.17, 15) is 0 Å². The lowest BCUT2D eigenvalue weighted by atomic mass is 9.81. The molecule has 1 heteroatoms. The number of hydrogen-bond donors (Lipinski definition) is 0. The maximum Gasteiger partial charge on any atom is 0.0437 e. The first kappa shape index (κ1) is 32.1. The molecule has 0 aliphatic rings. The van der Waals surface area contributed by atoms with Crippen molar-refractivity contribution in [3.63, 3.8) is 0 Å². The van der Waals surface area contributed by atoms with E-state index in [1.807, 2.05) is 11.3 Å². The molecule has 0 nitrogen and oxygen atoms in total. The average molecular weight is 705 g/mol. The van der Waals surface area contributed by atoms with Crippen LogP contribution in [0.3, 0.4) is 0 Å².